The van der Waals surface area contributed by atoms with E-state index >= 15 is 0 Å². The lowest BCUT2D eigenvalue weighted by atomic mass is 10.1. The van der Waals surface area contributed by atoms with Crippen LogP contribution in [-0.4, -0.2) is 13.2 Å². The number of hydrogen-bond acceptors (Lipinski definition) is 2. The molecule has 7 heteroatoms. The fourth-order valence-corrected chi connectivity index (χ4v) is 1.35. The number of hydrogen-bond donors (Lipinski definition) is 0. The Morgan fingerprint density at radius 1 is 0.688 bits per heavy atom. The molecule has 0 radical (unpaired) electrons. The Kier molecular flexibility index (Phi) is 2.81. The normalized spacial score (nSPS) is 17.1. The lowest BCUT2D eigenvalue weighted by molar-refractivity contribution is -0.0500. The van der Waals surface area contributed by atoms with Crippen LogP contribution in [0, 0.1) is 29.1 Å². The summed E-state index contributed by atoms with van der Waals surface area (Å²) in [6, 6.07) is 0. The van der Waals surface area contributed by atoms with Crippen LogP contribution in [0.2, 0.25) is 0 Å². The number of ether oxygens (including phenoxy) is 2. The minimum absolute atomic E-state index is 0.0319. The first-order chi connectivity index (χ1) is 7.54. The van der Waals surface area contributed by atoms with Crippen LogP contribution in [0.3, 0.4) is 0 Å². The highest BCUT2D eigenvalue weighted by Crippen LogP contribution is 2.32. The van der Waals surface area contributed by atoms with Gasteiger partial charge < -0.3 is 9.47 Å². The fraction of sp³-hybridized carbons (Fsp3) is 0.333. The summed E-state index contributed by atoms with van der Waals surface area (Å²) >= 11 is 0. The predicted molar refractivity (Wildman–Crippen MR) is 40.9 cm³/mol. The van der Waals surface area contributed by atoms with Gasteiger partial charge in [0, 0.05) is 0 Å². The average Bonchev–Trinajstić information content (AvgIpc) is 2.77. The van der Waals surface area contributed by atoms with Crippen molar-refractivity contribution in [1.29, 1.82) is 0 Å². The summed E-state index contributed by atoms with van der Waals surface area (Å²) in [5.74, 6) is -10.1. The topological polar surface area (TPSA) is 18.5 Å². The van der Waals surface area contributed by atoms with E-state index in [0.717, 1.165) is 0 Å². The van der Waals surface area contributed by atoms with Gasteiger partial charge >= 0.3 is 0 Å². The van der Waals surface area contributed by atoms with Crippen molar-refractivity contribution < 1.29 is 31.4 Å². The highest BCUT2D eigenvalue weighted by Gasteiger charge is 2.33. The van der Waals surface area contributed by atoms with E-state index in [9.17, 15) is 22.0 Å². The molecular weight excluding hydrogens is 235 g/mol. The van der Waals surface area contributed by atoms with Crippen molar-refractivity contribution in [3.8, 4) is 0 Å². The molecule has 2 nitrogen and oxygen atoms in total. The molecule has 1 aliphatic rings. The summed E-state index contributed by atoms with van der Waals surface area (Å²) in [6.07, 6.45) is -1.55. The molecule has 0 aromatic heterocycles. The third-order valence-electron chi connectivity index (χ3n) is 2.10. The zero-order chi connectivity index (χ0) is 11.9. The van der Waals surface area contributed by atoms with Crippen LogP contribution in [0.25, 0.3) is 0 Å². The predicted octanol–water partition coefficient (Wildman–Crippen LogP) is 2.43. The maximum Gasteiger partial charge on any atom is 0.200 e. The number of benzene rings is 1. The summed E-state index contributed by atoms with van der Waals surface area (Å²) in [6.45, 7) is 0.0638. The zero-order valence-electron chi connectivity index (χ0n) is 7.70. The fourth-order valence-electron chi connectivity index (χ4n) is 1.35. The summed E-state index contributed by atoms with van der Waals surface area (Å²) in [5.41, 5.74) is -1.09. The Bertz CT molecular complexity index is 399. The molecular formula is C9H5F5O2. The molecule has 1 aromatic carbocycles. The van der Waals surface area contributed by atoms with Crippen molar-refractivity contribution in [2.24, 2.45) is 0 Å². The minimum atomic E-state index is -2.20. The first-order valence-corrected chi connectivity index (χ1v) is 4.28. The van der Waals surface area contributed by atoms with Crippen LogP contribution in [-0.2, 0) is 9.47 Å². The minimum Gasteiger partial charge on any atom is -0.346 e. The van der Waals surface area contributed by atoms with Crippen LogP contribution in [0.1, 0.15) is 11.9 Å². The number of halogens is 5. The van der Waals surface area contributed by atoms with Gasteiger partial charge in [0.2, 0.25) is 5.82 Å². The molecule has 1 fully saturated rings. The molecule has 0 bridgehead atoms. The molecule has 0 amide bonds. The molecule has 16 heavy (non-hydrogen) atoms. The Morgan fingerprint density at radius 2 is 1.06 bits per heavy atom. The van der Waals surface area contributed by atoms with E-state index in [1.165, 1.54) is 0 Å². The molecule has 0 aliphatic carbocycles. The largest absolute Gasteiger partial charge is 0.346 e. The molecule has 1 heterocycles. The molecule has 0 N–H and O–H groups in total. The summed E-state index contributed by atoms with van der Waals surface area (Å²) in [7, 11) is 0. The van der Waals surface area contributed by atoms with Gasteiger partial charge in [-0.25, -0.2) is 22.0 Å². The SMILES string of the molecule is Fc1c(F)c(F)c(C2OCCO2)c(F)c1F. The van der Waals surface area contributed by atoms with E-state index in [1.54, 1.807) is 0 Å². The Balaban J connectivity index is 2.59. The van der Waals surface area contributed by atoms with Crippen LogP contribution >= 0.6 is 0 Å². The van der Waals surface area contributed by atoms with Gasteiger partial charge in [-0.15, -0.1) is 0 Å². The zero-order valence-corrected chi connectivity index (χ0v) is 7.70. The third-order valence-corrected chi connectivity index (χ3v) is 2.10. The third kappa shape index (κ3) is 1.56. The average molecular weight is 240 g/mol. The molecule has 0 atom stereocenters. The first-order valence-electron chi connectivity index (χ1n) is 4.28. The maximum absolute atomic E-state index is 13.2. The van der Waals surface area contributed by atoms with Crippen molar-refractivity contribution in [2.75, 3.05) is 13.2 Å². The van der Waals surface area contributed by atoms with E-state index in [4.69, 9.17) is 9.47 Å². The van der Waals surface area contributed by atoms with Gasteiger partial charge in [-0.3, -0.25) is 0 Å². The van der Waals surface area contributed by atoms with Crippen molar-refractivity contribution >= 4 is 0 Å². The monoisotopic (exact) mass is 240 g/mol. The van der Waals surface area contributed by atoms with E-state index in [-0.39, 0.29) is 13.2 Å². The molecule has 0 saturated carbocycles. The Hall–Kier alpha value is -1.21. The summed E-state index contributed by atoms with van der Waals surface area (Å²) in [4.78, 5) is 0. The van der Waals surface area contributed by atoms with E-state index in [2.05, 4.69) is 0 Å². The van der Waals surface area contributed by atoms with E-state index < -0.39 is 40.9 Å². The second-order valence-electron chi connectivity index (χ2n) is 3.06. The quantitative estimate of drug-likeness (QED) is 0.426. The molecule has 1 aliphatic heterocycles. The van der Waals surface area contributed by atoms with Gasteiger partial charge in [0.05, 0.1) is 18.8 Å². The van der Waals surface area contributed by atoms with Gasteiger partial charge in [-0.2, -0.15) is 0 Å². The standard InChI is InChI=1S/C9H5F5O2/c10-4-3(9-15-1-2-16-9)5(11)7(13)8(14)6(4)12/h9H,1-2H2. The maximum atomic E-state index is 13.2. The highest BCUT2D eigenvalue weighted by molar-refractivity contribution is 5.25. The molecule has 88 valence electrons. The molecule has 0 unspecified atom stereocenters. The van der Waals surface area contributed by atoms with Crippen LogP contribution in [0.15, 0.2) is 0 Å². The van der Waals surface area contributed by atoms with Gasteiger partial charge in [-0.1, -0.05) is 0 Å². The lowest BCUT2D eigenvalue weighted by Crippen LogP contribution is -2.11. The highest BCUT2D eigenvalue weighted by atomic mass is 19.2. The van der Waals surface area contributed by atoms with Gasteiger partial charge in [0.15, 0.2) is 29.6 Å². The van der Waals surface area contributed by atoms with Crippen molar-refractivity contribution in [3.05, 3.63) is 34.6 Å². The second-order valence-corrected chi connectivity index (χ2v) is 3.06. The van der Waals surface area contributed by atoms with Gasteiger partial charge in [0.1, 0.15) is 0 Å². The summed E-state index contributed by atoms with van der Waals surface area (Å²) in [5, 5.41) is 0. The molecule has 0 spiro atoms. The van der Waals surface area contributed by atoms with Gasteiger partial charge in [-0.05, 0) is 0 Å². The molecule has 1 aromatic rings. The second kappa shape index (κ2) is 3.99. The van der Waals surface area contributed by atoms with Crippen molar-refractivity contribution in [1.82, 2.24) is 0 Å². The molecule has 1 saturated heterocycles. The smallest absolute Gasteiger partial charge is 0.200 e. The molecule has 2 rings (SSSR count). The van der Waals surface area contributed by atoms with Crippen LogP contribution in [0.4, 0.5) is 22.0 Å². The Morgan fingerprint density at radius 3 is 1.50 bits per heavy atom. The summed E-state index contributed by atoms with van der Waals surface area (Å²) < 4.78 is 74.0. The van der Waals surface area contributed by atoms with Crippen LogP contribution < -0.4 is 0 Å². The lowest BCUT2D eigenvalue weighted by Gasteiger charge is -2.12. The van der Waals surface area contributed by atoms with Crippen molar-refractivity contribution in [3.63, 3.8) is 0 Å². The van der Waals surface area contributed by atoms with E-state index in [0.29, 0.717) is 0 Å². The Labute approximate surface area is 86.6 Å². The van der Waals surface area contributed by atoms with Crippen molar-refractivity contribution in [2.45, 2.75) is 6.29 Å². The number of rotatable bonds is 1. The van der Waals surface area contributed by atoms with E-state index in [1.807, 2.05) is 0 Å². The van der Waals surface area contributed by atoms with Crippen LogP contribution in [0.5, 0.6) is 0 Å². The van der Waals surface area contributed by atoms with Gasteiger partial charge in [0.25, 0.3) is 0 Å². The first kappa shape index (κ1) is 11.3.